The molecule has 0 fully saturated rings. The molecule has 0 aliphatic rings. The first-order valence-electron chi connectivity index (χ1n) is 8.03. The van der Waals surface area contributed by atoms with Gasteiger partial charge in [-0.05, 0) is 48.7 Å². The molecule has 0 saturated heterocycles. The van der Waals surface area contributed by atoms with E-state index in [4.69, 9.17) is 9.47 Å². The normalized spacial score (nSPS) is 10.1. The van der Waals surface area contributed by atoms with Crippen molar-refractivity contribution in [1.29, 1.82) is 0 Å². The summed E-state index contributed by atoms with van der Waals surface area (Å²) in [5.74, 6) is 1.43. The van der Waals surface area contributed by atoms with Crippen LogP contribution < -0.4 is 20.1 Å². The van der Waals surface area contributed by atoms with Gasteiger partial charge >= 0.3 is 6.03 Å². The maximum Gasteiger partial charge on any atom is 0.319 e. The van der Waals surface area contributed by atoms with Gasteiger partial charge in [0.2, 0.25) is 0 Å². The molecule has 0 aliphatic heterocycles. The number of amides is 2. The lowest BCUT2D eigenvalue weighted by molar-refractivity contribution is 0.247. The molecule has 0 bridgehead atoms. The number of nitrogens with one attached hydrogen (secondary N) is 2. The van der Waals surface area contributed by atoms with Crippen LogP contribution in [-0.4, -0.2) is 26.3 Å². The number of urea groups is 1. The highest BCUT2D eigenvalue weighted by Gasteiger charge is 2.07. The molecule has 2 aromatic rings. The highest BCUT2D eigenvalue weighted by molar-refractivity contribution is 5.91. The van der Waals surface area contributed by atoms with E-state index in [0.29, 0.717) is 24.6 Å². The van der Waals surface area contributed by atoms with Crippen molar-refractivity contribution in [2.45, 2.75) is 20.3 Å². The van der Waals surface area contributed by atoms with E-state index >= 15 is 0 Å². The molecule has 0 spiro atoms. The molecule has 128 valence electrons. The zero-order valence-corrected chi connectivity index (χ0v) is 14.4. The lowest BCUT2D eigenvalue weighted by atomic mass is 10.2. The maximum atomic E-state index is 12.0. The standard InChI is InChI=1S/C19H24N2O3/c1-4-15-6-8-16(9-7-15)24-12-11-20-19(22)21-17-13-14(2)5-10-18(17)23-3/h5-10,13H,4,11-12H2,1-3H3,(H2,20,21,22). The van der Waals surface area contributed by atoms with Crippen LogP contribution in [0.15, 0.2) is 42.5 Å². The van der Waals surface area contributed by atoms with Crippen molar-refractivity contribution in [3.8, 4) is 11.5 Å². The topological polar surface area (TPSA) is 59.6 Å². The Bertz CT molecular complexity index is 669. The Hall–Kier alpha value is -2.69. The number of anilines is 1. The molecule has 0 radical (unpaired) electrons. The van der Waals surface area contributed by atoms with E-state index in [2.05, 4.69) is 17.6 Å². The van der Waals surface area contributed by atoms with Gasteiger partial charge in [-0.1, -0.05) is 25.1 Å². The molecule has 2 rings (SSSR count). The quantitative estimate of drug-likeness (QED) is 0.761. The van der Waals surface area contributed by atoms with Gasteiger partial charge in [0.25, 0.3) is 0 Å². The number of hydrogen-bond acceptors (Lipinski definition) is 3. The first-order valence-corrected chi connectivity index (χ1v) is 8.03. The van der Waals surface area contributed by atoms with Crippen molar-refractivity contribution in [2.75, 3.05) is 25.6 Å². The Morgan fingerprint density at radius 3 is 2.54 bits per heavy atom. The highest BCUT2D eigenvalue weighted by atomic mass is 16.5. The summed E-state index contributed by atoms with van der Waals surface area (Å²) < 4.78 is 10.8. The van der Waals surface area contributed by atoms with Gasteiger partial charge in [-0.2, -0.15) is 0 Å². The van der Waals surface area contributed by atoms with Crippen LogP contribution in [0.3, 0.4) is 0 Å². The lowest BCUT2D eigenvalue weighted by Crippen LogP contribution is -2.32. The zero-order chi connectivity index (χ0) is 17.4. The van der Waals surface area contributed by atoms with Gasteiger partial charge in [0.1, 0.15) is 18.1 Å². The number of ether oxygens (including phenoxy) is 2. The molecular weight excluding hydrogens is 304 g/mol. The highest BCUT2D eigenvalue weighted by Crippen LogP contribution is 2.24. The number of carbonyl (C=O) groups is 1. The zero-order valence-electron chi connectivity index (χ0n) is 14.4. The summed E-state index contributed by atoms with van der Waals surface area (Å²) in [5, 5.41) is 5.55. The molecule has 0 aromatic heterocycles. The predicted molar refractivity (Wildman–Crippen MR) is 96.1 cm³/mol. The average Bonchev–Trinajstić information content (AvgIpc) is 2.59. The first kappa shape index (κ1) is 17.7. The largest absolute Gasteiger partial charge is 0.495 e. The van der Waals surface area contributed by atoms with E-state index in [0.717, 1.165) is 17.7 Å². The van der Waals surface area contributed by atoms with Crippen LogP contribution >= 0.6 is 0 Å². The van der Waals surface area contributed by atoms with Gasteiger partial charge in [-0.15, -0.1) is 0 Å². The number of rotatable bonds is 7. The minimum absolute atomic E-state index is 0.288. The second-order valence-corrected chi connectivity index (χ2v) is 5.43. The second kappa shape index (κ2) is 8.82. The molecule has 0 heterocycles. The Morgan fingerprint density at radius 2 is 1.88 bits per heavy atom. The van der Waals surface area contributed by atoms with Crippen LogP contribution in [0.1, 0.15) is 18.1 Å². The summed E-state index contributed by atoms with van der Waals surface area (Å²) in [4.78, 5) is 12.0. The predicted octanol–water partition coefficient (Wildman–Crippen LogP) is 3.77. The summed E-state index contributed by atoms with van der Waals surface area (Å²) in [5.41, 5.74) is 2.96. The fourth-order valence-electron chi connectivity index (χ4n) is 2.24. The third-order valence-electron chi connectivity index (χ3n) is 3.59. The first-order chi connectivity index (χ1) is 11.6. The molecule has 5 nitrogen and oxygen atoms in total. The van der Waals surface area contributed by atoms with Gasteiger partial charge in [0, 0.05) is 0 Å². The van der Waals surface area contributed by atoms with Crippen molar-refractivity contribution in [2.24, 2.45) is 0 Å². The van der Waals surface area contributed by atoms with Gasteiger partial charge in [-0.3, -0.25) is 0 Å². The van der Waals surface area contributed by atoms with Crippen molar-refractivity contribution < 1.29 is 14.3 Å². The third-order valence-corrected chi connectivity index (χ3v) is 3.59. The lowest BCUT2D eigenvalue weighted by Gasteiger charge is -2.12. The van der Waals surface area contributed by atoms with E-state index in [-0.39, 0.29) is 6.03 Å². The van der Waals surface area contributed by atoms with Crippen LogP contribution in [0.4, 0.5) is 10.5 Å². The van der Waals surface area contributed by atoms with Crippen molar-refractivity contribution in [3.63, 3.8) is 0 Å². The van der Waals surface area contributed by atoms with Crippen LogP contribution in [0.2, 0.25) is 0 Å². The Balaban J connectivity index is 1.76. The molecule has 24 heavy (non-hydrogen) atoms. The van der Waals surface area contributed by atoms with Crippen LogP contribution in [0, 0.1) is 6.92 Å². The summed E-state index contributed by atoms with van der Waals surface area (Å²) in [6.45, 7) is 4.89. The van der Waals surface area contributed by atoms with E-state index in [1.165, 1.54) is 5.56 Å². The van der Waals surface area contributed by atoms with Crippen LogP contribution in [-0.2, 0) is 6.42 Å². The molecule has 5 heteroatoms. The monoisotopic (exact) mass is 328 g/mol. The molecule has 0 saturated carbocycles. The third kappa shape index (κ3) is 5.19. The van der Waals surface area contributed by atoms with Crippen LogP contribution in [0.5, 0.6) is 11.5 Å². The molecule has 2 N–H and O–H groups in total. The van der Waals surface area contributed by atoms with Gasteiger partial charge < -0.3 is 20.1 Å². The summed E-state index contributed by atoms with van der Waals surface area (Å²) in [7, 11) is 1.57. The molecule has 0 unspecified atom stereocenters. The van der Waals surface area contributed by atoms with E-state index in [1.54, 1.807) is 7.11 Å². The Labute approximate surface area is 143 Å². The SMILES string of the molecule is CCc1ccc(OCCNC(=O)Nc2cc(C)ccc2OC)cc1. The van der Waals surface area contributed by atoms with Gasteiger partial charge in [0.05, 0.1) is 19.3 Å². The van der Waals surface area contributed by atoms with Crippen molar-refractivity contribution in [3.05, 3.63) is 53.6 Å². The fraction of sp³-hybridized carbons (Fsp3) is 0.316. The smallest absolute Gasteiger partial charge is 0.319 e. The number of methoxy groups -OCH3 is 1. The van der Waals surface area contributed by atoms with E-state index in [9.17, 15) is 4.79 Å². The number of benzene rings is 2. The van der Waals surface area contributed by atoms with Crippen molar-refractivity contribution >= 4 is 11.7 Å². The van der Waals surface area contributed by atoms with Gasteiger partial charge in [-0.25, -0.2) is 4.79 Å². The molecule has 2 aromatic carbocycles. The summed E-state index contributed by atoms with van der Waals surface area (Å²) in [6.07, 6.45) is 1.00. The number of aryl methyl sites for hydroxylation is 2. The second-order valence-electron chi connectivity index (χ2n) is 5.43. The summed E-state index contributed by atoms with van der Waals surface area (Å²) >= 11 is 0. The molecule has 0 atom stereocenters. The number of carbonyl (C=O) groups excluding carboxylic acids is 1. The minimum atomic E-state index is -0.288. The van der Waals surface area contributed by atoms with E-state index < -0.39 is 0 Å². The minimum Gasteiger partial charge on any atom is -0.495 e. The van der Waals surface area contributed by atoms with Gasteiger partial charge in [0.15, 0.2) is 0 Å². The fourth-order valence-corrected chi connectivity index (χ4v) is 2.24. The Kier molecular flexibility index (Phi) is 6.49. The van der Waals surface area contributed by atoms with Crippen molar-refractivity contribution in [1.82, 2.24) is 5.32 Å². The Morgan fingerprint density at radius 1 is 1.12 bits per heavy atom. The maximum absolute atomic E-state index is 12.0. The average molecular weight is 328 g/mol. The van der Waals surface area contributed by atoms with E-state index in [1.807, 2.05) is 49.4 Å². The molecule has 0 aliphatic carbocycles. The molecule has 2 amide bonds. The number of hydrogen-bond donors (Lipinski definition) is 2. The van der Waals surface area contributed by atoms with Crippen LogP contribution in [0.25, 0.3) is 0 Å². The molecular formula is C19H24N2O3. The summed E-state index contributed by atoms with van der Waals surface area (Å²) in [6, 6.07) is 13.3.